The molecule has 0 saturated heterocycles. The summed E-state index contributed by atoms with van der Waals surface area (Å²) in [5.74, 6) is 0.688. The van der Waals surface area contributed by atoms with Crippen molar-refractivity contribution in [2.24, 2.45) is 5.92 Å². The molecule has 2 rings (SSSR count). The summed E-state index contributed by atoms with van der Waals surface area (Å²) in [5.41, 5.74) is 1.38. The Morgan fingerprint density at radius 1 is 1.21 bits per heavy atom. The molecule has 2 aromatic rings. The zero-order chi connectivity index (χ0) is 13.7. The van der Waals surface area contributed by atoms with Crippen molar-refractivity contribution in [2.75, 3.05) is 0 Å². The van der Waals surface area contributed by atoms with Gasteiger partial charge >= 0.3 is 0 Å². The van der Waals surface area contributed by atoms with Gasteiger partial charge in [-0.15, -0.1) is 11.3 Å². The third-order valence-corrected chi connectivity index (χ3v) is 4.75. The van der Waals surface area contributed by atoms with Gasteiger partial charge in [-0.2, -0.15) is 0 Å². The minimum atomic E-state index is 0.432. The Bertz CT molecular complexity index is 492. The van der Waals surface area contributed by atoms with Gasteiger partial charge in [0.05, 0.1) is 0 Å². The molecular formula is C16H20BrNS. The molecule has 1 nitrogen and oxygen atoms in total. The first kappa shape index (κ1) is 14.8. The van der Waals surface area contributed by atoms with Crippen LogP contribution in [0.5, 0.6) is 0 Å². The van der Waals surface area contributed by atoms with Gasteiger partial charge in [0.25, 0.3) is 0 Å². The topological polar surface area (TPSA) is 12.0 Å². The lowest BCUT2D eigenvalue weighted by molar-refractivity contribution is 0.430. The molecule has 1 heterocycles. The van der Waals surface area contributed by atoms with Gasteiger partial charge in [0.1, 0.15) is 0 Å². The van der Waals surface area contributed by atoms with Gasteiger partial charge < -0.3 is 5.32 Å². The second-order valence-electron chi connectivity index (χ2n) is 5.20. The van der Waals surface area contributed by atoms with Gasteiger partial charge in [-0.1, -0.05) is 44.2 Å². The number of thiophene rings is 1. The van der Waals surface area contributed by atoms with E-state index in [9.17, 15) is 0 Å². The maximum absolute atomic E-state index is 3.69. The third-order valence-electron chi connectivity index (χ3n) is 3.05. The highest BCUT2D eigenvalue weighted by Crippen LogP contribution is 2.24. The Hall–Kier alpha value is -0.640. The predicted octanol–water partition coefficient (Wildman–Crippen LogP) is 5.39. The zero-order valence-corrected chi connectivity index (χ0v) is 13.8. The van der Waals surface area contributed by atoms with E-state index in [-0.39, 0.29) is 0 Å². The van der Waals surface area contributed by atoms with Gasteiger partial charge in [-0.3, -0.25) is 0 Å². The second kappa shape index (κ2) is 7.22. The summed E-state index contributed by atoms with van der Waals surface area (Å²) in [4.78, 5) is 1.37. The highest BCUT2D eigenvalue weighted by atomic mass is 79.9. The molecule has 1 N–H and O–H groups in total. The highest BCUT2D eigenvalue weighted by Gasteiger charge is 2.12. The summed E-state index contributed by atoms with van der Waals surface area (Å²) in [7, 11) is 0. The zero-order valence-electron chi connectivity index (χ0n) is 11.4. The molecule has 19 heavy (non-hydrogen) atoms. The van der Waals surface area contributed by atoms with Crippen LogP contribution in [0.2, 0.25) is 0 Å². The normalized spacial score (nSPS) is 12.8. The van der Waals surface area contributed by atoms with E-state index in [0.29, 0.717) is 12.0 Å². The summed E-state index contributed by atoms with van der Waals surface area (Å²) in [5, 5.41) is 5.82. The minimum Gasteiger partial charge on any atom is -0.305 e. The summed E-state index contributed by atoms with van der Waals surface area (Å²) < 4.78 is 1.18. The minimum absolute atomic E-state index is 0.432. The first-order valence-corrected chi connectivity index (χ1v) is 8.33. The van der Waals surface area contributed by atoms with Crippen LogP contribution < -0.4 is 5.32 Å². The Morgan fingerprint density at radius 2 is 1.95 bits per heavy atom. The monoisotopic (exact) mass is 337 g/mol. The van der Waals surface area contributed by atoms with Gasteiger partial charge in [0, 0.05) is 27.3 Å². The van der Waals surface area contributed by atoms with Crippen molar-refractivity contribution in [1.82, 2.24) is 5.32 Å². The Balaban J connectivity index is 2.02. The summed E-state index contributed by atoms with van der Waals surface area (Å²) in [6.07, 6.45) is 1.16. The molecule has 1 aromatic heterocycles. The van der Waals surface area contributed by atoms with E-state index in [1.807, 2.05) is 0 Å². The van der Waals surface area contributed by atoms with Gasteiger partial charge in [-0.25, -0.2) is 0 Å². The molecule has 102 valence electrons. The standard InChI is InChI=1S/C16H20BrNS/c1-12(2)8-16(13-6-4-3-5-7-13)18-10-15-9-14(17)11-19-15/h3-7,9,11-12,16,18H,8,10H2,1-2H3. The van der Waals surface area contributed by atoms with Crippen LogP contribution in [0.1, 0.15) is 36.8 Å². The largest absolute Gasteiger partial charge is 0.305 e. The Labute approximate surface area is 128 Å². The van der Waals surface area contributed by atoms with Crippen LogP contribution in [0.3, 0.4) is 0 Å². The highest BCUT2D eigenvalue weighted by molar-refractivity contribution is 9.10. The van der Waals surface area contributed by atoms with Crippen LogP contribution in [0.15, 0.2) is 46.3 Å². The van der Waals surface area contributed by atoms with E-state index in [1.165, 1.54) is 14.9 Å². The van der Waals surface area contributed by atoms with Gasteiger partial charge in [0.2, 0.25) is 0 Å². The quantitative estimate of drug-likeness (QED) is 0.745. The van der Waals surface area contributed by atoms with Gasteiger partial charge in [0.15, 0.2) is 0 Å². The van der Waals surface area contributed by atoms with E-state index < -0.39 is 0 Å². The fourth-order valence-electron chi connectivity index (χ4n) is 2.16. The van der Waals surface area contributed by atoms with Crippen molar-refractivity contribution in [2.45, 2.75) is 32.9 Å². The van der Waals surface area contributed by atoms with E-state index >= 15 is 0 Å². The lowest BCUT2D eigenvalue weighted by Gasteiger charge is -2.21. The van der Waals surface area contributed by atoms with Crippen LogP contribution in [0, 0.1) is 5.92 Å². The smallest absolute Gasteiger partial charge is 0.0326 e. The maximum Gasteiger partial charge on any atom is 0.0326 e. The van der Waals surface area contributed by atoms with E-state index in [1.54, 1.807) is 11.3 Å². The SMILES string of the molecule is CC(C)CC(NCc1cc(Br)cs1)c1ccccc1. The van der Waals surface area contributed by atoms with Crippen molar-refractivity contribution in [3.8, 4) is 0 Å². The molecule has 0 spiro atoms. The molecule has 1 atom stereocenters. The van der Waals surface area contributed by atoms with Crippen molar-refractivity contribution in [3.05, 3.63) is 56.7 Å². The average molecular weight is 338 g/mol. The summed E-state index contributed by atoms with van der Waals surface area (Å²) in [6, 6.07) is 13.4. The lowest BCUT2D eigenvalue weighted by Crippen LogP contribution is -2.22. The molecule has 0 saturated carbocycles. The van der Waals surface area contributed by atoms with Crippen molar-refractivity contribution in [3.63, 3.8) is 0 Å². The molecule has 0 fully saturated rings. The van der Waals surface area contributed by atoms with Crippen LogP contribution in [-0.2, 0) is 6.54 Å². The Kier molecular flexibility index (Phi) is 5.61. The molecule has 0 aliphatic rings. The first-order chi connectivity index (χ1) is 9.15. The van der Waals surface area contributed by atoms with Crippen LogP contribution in [0.4, 0.5) is 0 Å². The fraction of sp³-hybridized carbons (Fsp3) is 0.375. The molecular weight excluding hydrogens is 318 g/mol. The number of rotatable bonds is 6. The van der Waals surface area contributed by atoms with Crippen molar-refractivity contribution in [1.29, 1.82) is 0 Å². The number of nitrogens with one attached hydrogen (secondary N) is 1. The van der Waals surface area contributed by atoms with Crippen molar-refractivity contribution >= 4 is 27.3 Å². The van der Waals surface area contributed by atoms with E-state index in [0.717, 1.165) is 13.0 Å². The first-order valence-electron chi connectivity index (χ1n) is 6.66. The Morgan fingerprint density at radius 3 is 2.53 bits per heavy atom. The van der Waals surface area contributed by atoms with E-state index in [2.05, 4.69) is 76.9 Å². The maximum atomic E-state index is 3.69. The lowest BCUT2D eigenvalue weighted by atomic mass is 9.97. The molecule has 1 aromatic carbocycles. The third kappa shape index (κ3) is 4.75. The van der Waals surface area contributed by atoms with Gasteiger partial charge in [-0.05, 0) is 39.9 Å². The van der Waals surface area contributed by atoms with E-state index in [4.69, 9.17) is 0 Å². The number of halogens is 1. The number of hydrogen-bond donors (Lipinski definition) is 1. The van der Waals surface area contributed by atoms with Crippen LogP contribution in [0.25, 0.3) is 0 Å². The molecule has 3 heteroatoms. The number of benzene rings is 1. The molecule has 0 aliphatic heterocycles. The average Bonchev–Trinajstić information content (AvgIpc) is 2.81. The molecule has 0 amide bonds. The molecule has 0 radical (unpaired) electrons. The number of hydrogen-bond acceptors (Lipinski definition) is 2. The second-order valence-corrected chi connectivity index (χ2v) is 7.12. The van der Waals surface area contributed by atoms with Crippen LogP contribution >= 0.6 is 27.3 Å². The van der Waals surface area contributed by atoms with Crippen molar-refractivity contribution < 1.29 is 0 Å². The predicted molar refractivity (Wildman–Crippen MR) is 87.5 cm³/mol. The molecule has 0 bridgehead atoms. The fourth-order valence-corrected chi connectivity index (χ4v) is 3.57. The summed E-state index contributed by atoms with van der Waals surface area (Å²) in [6.45, 7) is 5.49. The summed E-state index contributed by atoms with van der Waals surface area (Å²) >= 11 is 5.30. The van der Waals surface area contributed by atoms with Crippen LogP contribution in [-0.4, -0.2) is 0 Å². The molecule has 0 aliphatic carbocycles. The molecule has 1 unspecified atom stereocenters.